The van der Waals surface area contributed by atoms with Crippen molar-refractivity contribution in [3.05, 3.63) is 32.8 Å². The van der Waals surface area contributed by atoms with Crippen LogP contribution in [0.25, 0.3) is 0 Å². The first-order valence-corrected chi connectivity index (χ1v) is 4.69. The molecule has 0 heterocycles. The Bertz CT molecular complexity index is 346. The molecule has 0 radical (unpaired) electrons. The summed E-state index contributed by atoms with van der Waals surface area (Å²) in [6.45, 7) is -0.499. The van der Waals surface area contributed by atoms with Crippen LogP contribution >= 0.6 is 15.9 Å². The van der Waals surface area contributed by atoms with Crippen molar-refractivity contribution < 1.29 is 9.31 Å². The third-order valence-corrected chi connectivity index (χ3v) is 2.22. The van der Waals surface area contributed by atoms with Crippen molar-refractivity contribution in [1.82, 2.24) is 0 Å². The van der Waals surface area contributed by atoms with Crippen LogP contribution in [0.4, 0.5) is 15.8 Å². The van der Waals surface area contributed by atoms with E-state index in [1.54, 1.807) is 18.2 Å². The maximum atomic E-state index is 11.9. The van der Waals surface area contributed by atoms with Gasteiger partial charge in [0.05, 0.1) is 9.40 Å². The molecule has 0 spiro atoms. The second-order valence-electron chi connectivity index (χ2n) is 2.51. The minimum atomic E-state index is -0.566. The predicted molar refractivity (Wildman–Crippen MR) is 55.3 cm³/mol. The molecule has 4 nitrogen and oxygen atoms in total. The van der Waals surface area contributed by atoms with E-state index in [4.69, 9.17) is 0 Å². The van der Waals surface area contributed by atoms with Crippen LogP contribution in [-0.4, -0.2) is 18.1 Å². The van der Waals surface area contributed by atoms with Crippen molar-refractivity contribution in [2.75, 3.05) is 18.5 Å². The number of nitrogens with one attached hydrogen (secondary N) is 1. The monoisotopic (exact) mass is 262 g/mol. The van der Waals surface area contributed by atoms with Crippen LogP contribution in [0.15, 0.2) is 22.7 Å². The van der Waals surface area contributed by atoms with Crippen LogP contribution < -0.4 is 5.32 Å². The molecule has 76 valence electrons. The predicted octanol–water partition coefficient (Wildman–Crippen LogP) is 2.74. The average Bonchev–Trinajstić information content (AvgIpc) is 2.14. The van der Waals surface area contributed by atoms with Gasteiger partial charge in [0, 0.05) is 6.54 Å². The Labute approximate surface area is 88.4 Å². The lowest BCUT2D eigenvalue weighted by Crippen LogP contribution is -2.05. The topological polar surface area (TPSA) is 55.2 Å². The number of halogens is 2. The van der Waals surface area contributed by atoms with E-state index < -0.39 is 11.6 Å². The molecule has 0 saturated carbocycles. The van der Waals surface area contributed by atoms with Gasteiger partial charge in [0.25, 0.3) is 0 Å². The molecule has 0 bridgehead atoms. The van der Waals surface area contributed by atoms with Crippen molar-refractivity contribution in [3.63, 3.8) is 0 Å². The van der Waals surface area contributed by atoms with Crippen molar-refractivity contribution >= 4 is 27.3 Å². The van der Waals surface area contributed by atoms with E-state index in [0.717, 1.165) is 0 Å². The van der Waals surface area contributed by atoms with Crippen molar-refractivity contribution in [3.8, 4) is 0 Å². The van der Waals surface area contributed by atoms with E-state index in [0.29, 0.717) is 10.2 Å². The average molecular weight is 263 g/mol. The summed E-state index contributed by atoms with van der Waals surface area (Å²) in [5.74, 6) is 0. The molecule has 1 rings (SSSR count). The molecule has 0 unspecified atom stereocenters. The fourth-order valence-electron chi connectivity index (χ4n) is 1.03. The van der Waals surface area contributed by atoms with Gasteiger partial charge in [-0.2, -0.15) is 0 Å². The van der Waals surface area contributed by atoms with Gasteiger partial charge >= 0.3 is 5.69 Å². The highest BCUT2D eigenvalue weighted by Gasteiger charge is 2.16. The van der Waals surface area contributed by atoms with Crippen molar-refractivity contribution in [2.45, 2.75) is 0 Å². The molecule has 0 saturated heterocycles. The van der Waals surface area contributed by atoms with Gasteiger partial charge in [-0.05, 0) is 28.1 Å². The first kappa shape index (κ1) is 10.9. The minimum absolute atomic E-state index is 0.0668. The van der Waals surface area contributed by atoms with Gasteiger partial charge in [-0.15, -0.1) is 0 Å². The Hall–Kier alpha value is -1.17. The van der Waals surface area contributed by atoms with Gasteiger partial charge in [0.1, 0.15) is 12.4 Å². The molecule has 0 aliphatic carbocycles. The zero-order valence-corrected chi connectivity index (χ0v) is 8.75. The van der Waals surface area contributed by atoms with Gasteiger partial charge in [-0.25, -0.2) is 4.39 Å². The van der Waals surface area contributed by atoms with E-state index in [-0.39, 0.29) is 12.2 Å². The molecule has 0 atom stereocenters. The third kappa shape index (κ3) is 2.41. The van der Waals surface area contributed by atoms with E-state index in [2.05, 4.69) is 21.2 Å². The summed E-state index contributed by atoms with van der Waals surface area (Å²) < 4.78 is 12.2. The highest BCUT2D eigenvalue weighted by molar-refractivity contribution is 9.10. The van der Waals surface area contributed by atoms with Crippen LogP contribution in [-0.2, 0) is 0 Å². The molecule has 0 fully saturated rings. The van der Waals surface area contributed by atoms with E-state index >= 15 is 0 Å². The zero-order chi connectivity index (χ0) is 10.6. The van der Waals surface area contributed by atoms with Crippen LogP contribution in [0.5, 0.6) is 0 Å². The molecular weight excluding hydrogens is 255 g/mol. The first-order chi connectivity index (χ1) is 6.66. The summed E-state index contributed by atoms with van der Waals surface area (Å²) >= 11 is 3.06. The SMILES string of the molecule is O=[N+]([O-])c1c(Br)cccc1NCCF. The highest BCUT2D eigenvalue weighted by atomic mass is 79.9. The number of alkyl halides is 1. The summed E-state index contributed by atoms with van der Waals surface area (Å²) in [6.07, 6.45) is 0. The number of benzene rings is 1. The maximum Gasteiger partial charge on any atom is 0.306 e. The van der Waals surface area contributed by atoms with E-state index in [1.807, 2.05) is 0 Å². The lowest BCUT2D eigenvalue weighted by molar-refractivity contribution is -0.384. The minimum Gasteiger partial charge on any atom is -0.377 e. The van der Waals surface area contributed by atoms with E-state index in [9.17, 15) is 14.5 Å². The molecule has 0 amide bonds. The molecular formula is C8H8BrFN2O2. The van der Waals surface area contributed by atoms with Crippen LogP contribution in [0.2, 0.25) is 0 Å². The van der Waals surface area contributed by atoms with Crippen molar-refractivity contribution in [2.24, 2.45) is 0 Å². The molecule has 0 aliphatic heterocycles. The van der Waals surface area contributed by atoms with Crippen LogP contribution in [0, 0.1) is 10.1 Å². The number of rotatable bonds is 4. The molecule has 1 aromatic rings. The van der Waals surface area contributed by atoms with Gasteiger partial charge in [0.15, 0.2) is 0 Å². The van der Waals surface area contributed by atoms with Gasteiger partial charge in [-0.3, -0.25) is 10.1 Å². The van der Waals surface area contributed by atoms with Gasteiger partial charge < -0.3 is 5.32 Å². The molecule has 1 aromatic carbocycles. The lowest BCUT2D eigenvalue weighted by atomic mass is 10.2. The number of hydrogen-bond acceptors (Lipinski definition) is 3. The number of nitro groups is 1. The Balaban J connectivity index is 3.02. The van der Waals surface area contributed by atoms with Gasteiger partial charge in [0.2, 0.25) is 0 Å². The summed E-state index contributed by atoms with van der Waals surface area (Å²) in [7, 11) is 0. The van der Waals surface area contributed by atoms with Gasteiger partial charge in [-0.1, -0.05) is 6.07 Å². The highest BCUT2D eigenvalue weighted by Crippen LogP contribution is 2.32. The molecule has 0 aromatic heterocycles. The maximum absolute atomic E-state index is 11.9. The van der Waals surface area contributed by atoms with E-state index in [1.165, 1.54) is 0 Å². The largest absolute Gasteiger partial charge is 0.377 e. The number of nitrogens with zero attached hydrogens (tertiary/aromatic N) is 1. The third-order valence-electron chi connectivity index (χ3n) is 1.58. The van der Waals surface area contributed by atoms with Crippen molar-refractivity contribution in [1.29, 1.82) is 0 Å². The van der Waals surface area contributed by atoms with Crippen LogP contribution in [0.3, 0.4) is 0 Å². The summed E-state index contributed by atoms with van der Waals surface area (Å²) in [5, 5.41) is 13.3. The molecule has 1 N–H and O–H groups in total. The Kier molecular flexibility index (Phi) is 3.82. The Morgan fingerprint density at radius 2 is 2.29 bits per heavy atom. The summed E-state index contributed by atoms with van der Waals surface area (Å²) in [5.41, 5.74) is 0.253. The fourth-order valence-corrected chi connectivity index (χ4v) is 1.54. The quantitative estimate of drug-likeness (QED) is 0.671. The summed E-state index contributed by atoms with van der Waals surface area (Å²) in [4.78, 5) is 10.1. The fraction of sp³-hybridized carbons (Fsp3) is 0.250. The molecule has 6 heteroatoms. The second kappa shape index (κ2) is 4.90. The number of para-hydroxylation sites is 1. The smallest absolute Gasteiger partial charge is 0.306 e. The number of anilines is 1. The van der Waals surface area contributed by atoms with Crippen LogP contribution in [0.1, 0.15) is 0 Å². The summed E-state index contributed by atoms with van der Waals surface area (Å²) in [6, 6.07) is 4.76. The normalized spacial score (nSPS) is 9.86. The molecule has 0 aliphatic rings. The number of nitro benzene ring substituents is 1. The Morgan fingerprint density at radius 3 is 2.86 bits per heavy atom. The Morgan fingerprint density at radius 1 is 1.57 bits per heavy atom. The second-order valence-corrected chi connectivity index (χ2v) is 3.36. The zero-order valence-electron chi connectivity index (χ0n) is 7.17. The lowest BCUT2D eigenvalue weighted by Gasteiger charge is -2.05. The standard InChI is InChI=1S/C8H8BrFN2O2/c9-6-2-1-3-7(11-5-4-10)8(6)12(13)14/h1-3,11H,4-5H2. The first-order valence-electron chi connectivity index (χ1n) is 3.89. The molecule has 14 heavy (non-hydrogen) atoms. The number of hydrogen-bond donors (Lipinski definition) is 1.